The predicted octanol–water partition coefficient (Wildman–Crippen LogP) is 3.91. The maximum absolute atomic E-state index is 12.4. The summed E-state index contributed by atoms with van der Waals surface area (Å²) in [5.74, 6) is -0.819. The number of nitro benzene ring substituents is 1. The van der Waals surface area contributed by atoms with Gasteiger partial charge in [0.2, 0.25) is 0 Å². The Labute approximate surface area is 146 Å². The molecular formula is C15H13F3N2O5S. The van der Waals surface area contributed by atoms with Crippen molar-refractivity contribution in [3.8, 4) is 5.75 Å². The number of hydrogen-bond acceptors (Lipinski definition) is 5. The number of rotatable bonds is 5. The van der Waals surface area contributed by atoms with E-state index in [2.05, 4.69) is 9.46 Å². The third-order valence-electron chi connectivity index (χ3n) is 3.29. The number of sulfonamides is 1. The number of nitrogens with zero attached hydrogens (tertiary/aromatic N) is 1. The minimum absolute atomic E-state index is 0.103. The summed E-state index contributed by atoms with van der Waals surface area (Å²) in [6.07, 6.45) is -5.04. The van der Waals surface area contributed by atoms with Crippen molar-refractivity contribution in [2.75, 3.05) is 4.72 Å². The van der Waals surface area contributed by atoms with Gasteiger partial charge in [-0.3, -0.25) is 14.8 Å². The lowest BCUT2D eigenvalue weighted by atomic mass is 10.1. The Kier molecular flexibility index (Phi) is 5.12. The Morgan fingerprint density at radius 2 is 1.69 bits per heavy atom. The minimum Gasteiger partial charge on any atom is -0.406 e. The van der Waals surface area contributed by atoms with Crippen LogP contribution < -0.4 is 9.46 Å². The molecule has 0 fully saturated rings. The first kappa shape index (κ1) is 19.5. The molecule has 0 saturated carbocycles. The Balaban J connectivity index is 2.48. The van der Waals surface area contributed by atoms with Gasteiger partial charge in [0, 0.05) is 0 Å². The van der Waals surface area contributed by atoms with Gasteiger partial charge in [-0.15, -0.1) is 13.2 Å². The first-order valence-electron chi connectivity index (χ1n) is 7.03. The van der Waals surface area contributed by atoms with Crippen LogP contribution in [0.3, 0.4) is 0 Å². The van der Waals surface area contributed by atoms with E-state index in [1.165, 1.54) is 31.2 Å². The van der Waals surface area contributed by atoms with Crippen molar-refractivity contribution in [2.45, 2.75) is 25.1 Å². The van der Waals surface area contributed by atoms with E-state index in [-0.39, 0.29) is 10.5 Å². The first-order chi connectivity index (χ1) is 11.9. The minimum atomic E-state index is -5.04. The number of hydrogen-bond donors (Lipinski definition) is 1. The summed E-state index contributed by atoms with van der Waals surface area (Å²) in [5.41, 5.74) is -0.598. The Morgan fingerprint density at radius 3 is 2.19 bits per heavy atom. The molecule has 0 amide bonds. The third-order valence-corrected chi connectivity index (χ3v) is 4.65. The van der Waals surface area contributed by atoms with Crippen LogP contribution in [0.5, 0.6) is 5.75 Å². The maximum Gasteiger partial charge on any atom is 0.573 e. The zero-order valence-electron chi connectivity index (χ0n) is 13.5. The molecule has 0 aromatic heterocycles. The van der Waals surface area contributed by atoms with Crippen molar-refractivity contribution in [3.05, 3.63) is 57.6 Å². The lowest BCUT2D eigenvalue weighted by molar-refractivity contribution is -0.384. The van der Waals surface area contributed by atoms with Gasteiger partial charge in [-0.25, -0.2) is 8.42 Å². The van der Waals surface area contributed by atoms with Gasteiger partial charge in [-0.05, 0) is 37.6 Å². The summed E-state index contributed by atoms with van der Waals surface area (Å²) in [6, 6.07) is 7.05. The second kappa shape index (κ2) is 6.83. The highest BCUT2D eigenvalue weighted by Gasteiger charge is 2.33. The van der Waals surface area contributed by atoms with Gasteiger partial charge in [0.25, 0.3) is 15.7 Å². The molecule has 2 aromatic rings. The molecule has 2 rings (SSSR count). The largest absolute Gasteiger partial charge is 0.573 e. The van der Waals surface area contributed by atoms with Crippen molar-refractivity contribution >= 4 is 21.4 Å². The molecule has 140 valence electrons. The highest BCUT2D eigenvalue weighted by molar-refractivity contribution is 7.92. The van der Waals surface area contributed by atoms with Crippen LogP contribution >= 0.6 is 0 Å². The van der Waals surface area contributed by atoms with Crippen LogP contribution in [0.1, 0.15) is 11.1 Å². The standard InChI is InChI=1S/C15H13F3N2O5S/c1-9-3-5-12(6-4-9)26(23,24)19-14-10(2)7-11(25-15(16,17)18)8-13(14)20(21)22/h3-8,19H,1-2H3. The van der Waals surface area contributed by atoms with E-state index in [0.717, 1.165) is 11.6 Å². The van der Waals surface area contributed by atoms with Crippen molar-refractivity contribution in [2.24, 2.45) is 0 Å². The monoisotopic (exact) mass is 390 g/mol. The van der Waals surface area contributed by atoms with Crippen LogP contribution in [0.2, 0.25) is 0 Å². The highest BCUT2D eigenvalue weighted by atomic mass is 32.2. The number of anilines is 1. The fourth-order valence-corrected chi connectivity index (χ4v) is 3.26. The number of halogens is 3. The molecule has 0 heterocycles. The van der Waals surface area contributed by atoms with E-state index >= 15 is 0 Å². The molecular weight excluding hydrogens is 377 g/mol. The maximum atomic E-state index is 12.4. The SMILES string of the molecule is Cc1ccc(S(=O)(=O)Nc2c(C)cc(OC(F)(F)F)cc2[N+](=O)[O-])cc1. The topological polar surface area (TPSA) is 98.5 Å². The molecule has 26 heavy (non-hydrogen) atoms. The van der Waals surface area contributed by atoms with Crippen molar-refractivity contribution in [1.82, 2.24) is 0 Å². The molecule has 0 saturated heterocycles. The lowest BCUT2D eigenvalue weighted by Gasteiger charge is -2.14. The van der Waals surface area contributed by atoms with Crippen molar-refractivity contribution in [3.63, 3.8) is 0 Å². The fraction of sp³-hybridized carbons (Fsp3) is 0.200. The average molecular weight is 390 g/mol. The van der Waals surface area contributed by atoms with E-state index in [1.807, 2.05) is 0 Å². The number of nitro groups is 1. The van der Waals surface area contributed by atoms with Crippen LogP contribution in [0.4, 0.5) is 24.5 Å². The van der Waals surface area contributed by atoms with Gasteiger partial charge < -0.3 is 4.74 Å². The van der Waals surface area contributed by atoms with Gasteiger partial charge in [0.05, 0.1) is 15.9 Å². The molecule has 0 aliphatic heterocycles. The van der Waals surface area contributed by atoms with Crippen LogP contribution in [0, 0.1) is 24.0 Å². The van der Waals surface area contributed by atoms with E-state index in [1.54, 1.807) is 6.92 Å². The Morgan fingerprint density at radius 1 is 1.12 bits per heavy atom. The normalized spacial score (nSPS) is 11.9. The number of ether oxygens (including phenoxy) is 1. The number of nitrogens with one attached hydrogen (secondary N) is 1. The molecule has 0 unspecified atom stereocenters. The van der Waals surface area contributed by atoms with E-state index < -0.39 is 38.4 Å². The smallest absolute Gasteiger partial charge is 0.406 e. The number of alkyl halides is 3. The molecule has 0 spiro atoms. The lowest BCUT2D eigenvalue weighted by Crippen LogP contribution is -2.18. The zero-order chi connectivity index (χ0) is 19.7. The third kappa shape index (κ3) is 4.63. The van der Waals surface area contributed by atoms with Gasteiger partial charge >= 0.3 is 6.36 Å². The van der Waals surface area contributed by atoms with Gasteiger partial charge in [-0.1, -0.05) is 17.7 Å². The quantitative estimate of drug-likeness (QED) is 0.616. The van der Waals surface area contributed by atoms with Gasteiger partial charge in [-0.2, -0.15) is 0 Å². The number of aryl methyl sites for hydroxylation is 2. The summed E-state index contributed by atoms with van der Waals surface area (Å²) < 4.78 is 67.5. The van der Waals surface area contributed by atoms with Crippen LogP contribution in [-0.4, -0.2) is 19.7 Å². The average Bonchev–Trinajstić information content (AvgIpc) is 2.48. The fourth-order valence-electron chi connectivity index (χ4n) is 2.12. The molecule has 7 nitrogen and oxygen atoms in total. The van der Waals surface area contributed by atoms with Crippen molar-refractivity contribution < 1.29 is 31.2 Å². The molecule has 0 aliphatic carbocycles. The molecule has 1 N–H and O–H groups in total. The van der Waals surface area contributed by atoms with E-state index in [9.17, 15) is 31.7 Å². The van der Waals surface area contributed by atoms with Crippen LogP contribution in [-0.2, 0) is 10.0 Å². The van der Waals surface area contributed by atoms with Gasteiger partial charge in [0.1, 0.15) is 11.4 Å². The Bertz CT molecular complexity index is 941. The number of benzene rings is 2. The Hall–Kier alpha value is -2.82. The van der Waals surface area contributed by atoms with Crippen LogP contribution in [0.25, 0.3) is 0 Å². The predicted molar refractivity (Wildman–Crippen MR) is 86.5 cm³/mol. The summed E-state index contributed by atoms with van der Waals surface area (Å²) in [5, 5.41) is 11.2. The van der Waals surface area contributed by atoms with E-state index in [0.29, 0.717) is 6.07 Å². The molecule has 0 aliphatic rings. The summed E-state index contributed by atoms with van der Waals surface area (Å²) in [7, 11) is -4.17. The summed E-state index contributed by atoms with van der Waals surface area (Å²) in [4.78, 5) is 10.1. The van der Waals surface area contributed by atoms with Crippen molar-refractivity contribution in [1.29, 1.82) is 0 Å². The molecule has 0 atom stereocenters. The summed E-state index contributed by atoms with van der Waals surface area (Å²) in [6.45, 7) is 2.97. The summed E-state index contributed by atoms with van der Waals surface area (Å²) >= 11 is 0. The second-order valence-electron chi connectivity index (χ2n) is 5.36. The first-order valence-corrected chi connectivity index (χ1v) is 8.51. The highest BCUT2D eigenvalue weighted by Crippen LogP contribution is 2.36. The second-order valence-corrected chi connectivity index (χ2v) is 7.04. The van der Waals surface area contributed by atoms with Crippen LogP contribution in [0.15, 0.2) is 41.3 Å². The molecule has 11 heteroatoms. The van der Waals surface area contributed by atoms with E-state index in [4.69, 9.17) is 0 Å². The molecule has 0 bridgehead atoms. The van der Waals surface area contributed by atoms with Gasteiger partial charge in [0.15, 0.2) is 0 Å². The molecule has 2 aromatic carbocycles. The zero-order valence-corrected chi connectivity index (χ0v) is 14.3. The molecule has 0 radical (unpaired) electrons.